The Kier molecular flexibility index (Phi) is 1.77. The topological polar surface area (TPSA) is 21.3 Å². The van der Waals surface area contributed by atoms with Crippen molar-refractivity contribution >= 4 is 33.2 Å². The molecule has 2 nitrogen and oxygen atoms in total. The molecular weight excluding hydrogens is 265 g/mol. The van der Waals surface area contributed by atoms with Crippen molar-refractivity contribution in [1.29, 1.82) is 0 Å². The summed E-state index contributed by atoms with van der Waals surface area (Å²) in [5.74, 6) is 0.869. The molecule has 0 amide bonds. The van der Waals surface area contributed by atoms with Crippen LogP contribution in [0.15, 0.2) is 16.6 Å². The van der Waals surface area contributed by atoms with Crippen LogP contribution in [0.4, 0.5) is 5.69 Å². The summed E-state index contributed by atoms with van der Waals surface area (Å²) in [6, 6.07) is 3.75. The standard InChI is InChI=1S/C10H9BrClNO/c11-7-3-6(12)4-8-9(7)13-5-10(14-8)1-2-10/h3-4,13H,1-2,5H2. The van der Waals surface area contributed by atoms with Gasteiger partial charge in [-0.2, -0.15) is 0 Å². The van der Waals surface area contributed by atoms with Crippen molar-refractivity contribution in [3.8, 4) is 5.75 Å². The molecule has 2 aliphatic rings. The SMILES string of the molecule is Clc1cc(Br)c2c(c1)OC1(CC1)CN2. The molecule has 74 valence electrons. The van der Waals surface area contributed by atoms with Crippen LogP contribution < -0.4 is 10.1 Å². The molecule has 0 aromatic heterocycles. The van der Waals surface area contributed by atoms with Gasteiger partial charge in [0.15, 0.2) is 0 Å². The smallest absolute Gasteiger partial charge is 0.145 e. The number of nitrogens with one attached hydrogen (secondary N) is 1. The van der Waals surface area contributed by atoms with E-state index in [-0.39, 0.29) is 5.60 Å². The summed E-state index contributed by atoms with van der Waals surface area (Å²) < 4.78 is 6.88. The van der Waals surface area contributed by atoms with Crippen molar-refractivity contribution in [2.45, 2.75) is 18.4 Å². The predicted molar refractivity (Wildman–Crippen MR) is 60.2 cm³/mol. The van der Waals surface area contributed by atoms with Crippen LogP contribution >= 0.6 is 27.5 Å². The van der Waals surface area contributed by atoms with Crippen LogP contribution in [-0.4, -0.2) is 12.1 Å². The van der Waals surface area contributed by atoms with Gasteiger partial charge in [-0.05, 0) is 34.8 Å². The highest BCUT2D eigenvalue weighted by Gasteiger charge is 2.48. The van der Waals surface area contributed by atoms with E-state index in [9.17, 15) is 0 Å². The summed E-state index contributed by atoms with van der Waals surface area (Å²) in [5.41, 5.74) is 1.09. The van der Waals surface area contributed by atoms with E-state index in [1.165, 1.54) is 0 Å². The summed E-state index contributed by atoms with van der Waals surface area (Å²) in [6.45, 7) is 0.903. The van der Waals surface area contributed by atoms with E-state index in [4.69, 9.17) is 16.3 Å². The molecule has 0 saturated heterocycles. The maximum atomic E-state index is 5.96. The summed E-state index contributed by atoms with van der Waals surface area (Å²) in [6.07, 6.45) is 2.28. The van der Waals surface area contributed by atoms with E-state index < -0.39 is 0 Å². The van der Waals surface area contributed by atoms with Crippen LogP contribution in [0.2, 0.25) is 5.02 Å². The number of halogens is 2. The number of hydrogen-bond acceptors (Lipinski definition) is 2. The first-order valence-corrected chi connectivity index (χ1v) is 5.78. The summed E-state index contributed by atoms with van der Waals surface area (Å²) >= 11 is 9.42. The van der Waals surface area contributed by atoms with E-state index in [0.29, 0.717) is 5.02 Å². The highest BCUT2D eigenvalue weighted by molar-refractivity contribution is 9.10. The Morgan fingerprint density at radius 1 is 1.43 bits per heavy atom. The molecule has 1 aliphatic carbocycles. The number of hydrogen-bond donors (Lipinski definition) is 1. The van der Waals surface area contributed by atoms with Gasteiger partial charge in [-0.25, -0.2) is 0 Å². The average Bonchev–Trinajstić information content (AvgIpc) is 2.83. The van der Waals surface area contributed by atoms with E-state index in [0.717, 1.165) is 35.3 Å². The molecule has 0 unspecified atom stereocenters. The highest BCUT2D eigenvalue weighted by atomic mass is 79.9. The van der Waals surface area contributed by atoms with Crippen molar-refractivity contribution in [2.75, 3.05) is 11.9 Å². The molecule has 1 aliphatic heterocycles. The molecule has 1 spiro atoms. The molecular formula is C10H9BrClNO. The lowest BCUT2D eigenvalue weighted by Gasteiger charge is -2.28. The molecule has 1 aromatic rings. The third-order valence-electron chi connectivity index (χ3n) is 2.74. The zero-order valence-corrected chi connectivity index (χ0v) is 9.78. The molecule has 1 fully saturated rings. The molecule has 1 aromatic carbocycles. The lowest BCUT2D eigenvalue weighted by Crippen LogP contribution is -2.32. The van der Waals surface area contributed by atoms with Gasteiger partial charge in [0.25, 0.3) is 0 Å². The molecule has 4 heteroatoms. The molecule has 0 radical (unpaired) electrons. The second-order valence-corrected chi connectivity index (χ2v) is 5.19. The molecule has 1 heterocycles. The van der Waals surface area contributed by atoms with Gasteiger partial charge in [0.05, 0.1) is 12.2 Å². The minimum absolute atomic E-state index is 0.0666. The van der Waals surface area contributed by atoms with Gasteiger partial charge < -0.3 is 10.1 Å². The number of anilines is 1. The quantitative estimate of drug-likeness (QED) is 0.782. The van der Waals surface area contributed by atoms with Gasteiger partial charge in [-0.3, -0.25) is 0 Å². The first kappa shape index (κ1) is 8.86. The molecule has 1 N–H and O–H groups in total. The largest absolute Gasteiger partial charge is 0.483 e. The van der Waals surface area contributed by atoms with Gasteiger partial charge in [0.2, 0.25) is 0 Å². The van der Waals surface area contributed by atoms with E-state index >= 15 is 0 Å². The number of ether oxygens (including phenoxy) is 1. The van der Waals surface area contributed by atoms with Crippen LogP contribution in [0.25, 0.3) is 0 Å². The third-order valence-corrected chi connectivity index (χ3v) is 3.58. The van der Waals surface area contributed by atoms with Gasteiger partial charge in [0, 0.05) is 15.6 Å². The minimum Gasteiger partial charge on any atom is -0.483 e. The lowest BCUT2D eigenvalue weighted by atomic mass is 10.2. The van der Waals surface area contributed by atoms with Crippen molar-refractivity contribution in [3.63, 3.8) is 0 Å². The Hall–Kier alpha value is -0.410. The van der Waals surface area contributed by atoms with Crippen molar-refractivity contribution in [1.82, 2.24) is 0 Å². The first-order valence-electron chi connectivity index (χ1n) is 4.61. The van der Waals surface area contributed by atoms with Crippen LogP contribution in [0, 0.1) is 0 Å². The van der Waals surface area contributed by atoms with Crippen LogP contribution in [0.3, 0.4) is 0 Å². The van der Waals surface area contributed by atoms with Crippen molar-refractivity contribution in [3.05, 3.63) is 21.6 Å². The van der Waals surface area contributed by atoms with Crippen molar-refractivity contribution in [2.24, 2.45) is 0 Å². The van der Waals surface area contributed by atoms with Crippen LogP contribution in [-0.2, 0) is 0 Å². The molecule has 1 saturated carbocycles. The fraction of sp³-hybridized carbons (Fsp3) is 0.400. The summed E-state index contributed by atoms with van der Waals surface area (Å²) in [7, 11) is 0. The lowest BCUT2D eigenvalue weighted by molar-refractivity contribution is 0.184. The third kappa shape index (κ3) is 1.30. The van der Waals surface area contributed by atoms with E-state index in [2.05, 4.69) is 21.2 Å². The fourth-order valence-electron chi connectivity index (χ4n) is 1.74. The zero-order chi connectivity index (χ0) is 9.76. The number of rotatable bonds is 0. The number of benzene rings is 1. The Morgan fingerprint density at radius 3 is 2.93 bits per heavy atom. The molecule has 14 heavy (non-hydrogen) atoms. The van der Waals surface area contributed by atoms with Gasteiger partial charge >= 0.3 is 0 Å². The summed E-state index contributed by atoms with van der Waals surface area (Å²) in [4.78, 5) is 0. The Morgan fingerprint density at radius 2 is 2.21 bits per heavy atom. The first-order chi connectivity index (χ1) is 6.69. The molecule has 0 bridgehead atoms. The van der Waals surface area contributed by atoms with Crippen LogP contribution in [0.5, 0.6) is 5.75 Å². The molecule has 0 atom stereocenters. The maximum Gasteiger partial charge on any atom is 0.145 e. The zero-order valence-electron chi connectivity index (χ0n) is 7.44. The second-order valence-electron chi connectivity index (χ2n) is 3.90. The highest BCUT2D eigenvalue weighted by Crippen LogP contribution is 2.48. The van der Waals surface area contributed by atoms with Crippen molar-refractivity contribution < 1.29 is 4.74 Å². The Labute approximate surface area is 95.7 Å². The minimum atomic E-state index is 0.0666. The van der Waals surface area contributed by atoms with Gasteiger partial charge in [0.1, 0.15) is 11.4 Å². The van der Waals surface area contributed by atoms with E-state index in [1.807, 2.05) is 12.1 Å². The van der Waals surface area contributed by atoms with E-state index in [1.54, 1.807) is 0 Å². The predicted octanol–water partition coefficient (Wildman–Crippen LogP) is 3.44. The Bertz CT molecular complexity index is 403. The molecule has 3 rings (SSSR count). The maximum absolute atomic E-state index is 5.96. The monoisotopic (exact) mass is 273 g/mol. The number of fused-ring (bicyclic) bond motifs is 1. The Balaban J connectivity index is 2.07. The van der Waals surface area contributed by atoms with Gasteiger partial charge in [-0.15, -0.1) is 0 Å². The normalized spacial score (nSPS) is 21.0. The van der Waals surface area contributed by atoms with Gasteiger partial charge in [-0.1, -0.05) is 11.6 Å². The fourth-order valence-corrected chi connectivity index (χ4v) is 2.66. The second kappa shape index (κ2) is 2.80. The average molecular weight is 275 g/mol. The van der Waals surface area contributed by atoms with Crippen LogP contribution in [0.1, 0.15) is 12.8 Å². The summed E-state index contributed by atoms with van der Waals surface area (Å²) in [5, 5.41) is 4.08.